The van der Waals surface area contributed by atoms with Gasteiger partial charge < -0.3 is 5.32 Å². The molecular formula is C13H21N3S. The van der Waals surface area contributed by atoms with Crippen LogP contribution in [0.5, 0.6) is 0 Å². The third-order valence-electron chi connectivity index (χ3n) is 4.22. The number of thiazole rings is 1. The van der Waals surface area contributed by atoms with Crippen LogP contribution in [0.4, 0.5) is 0 Å². The van der Waals surface area contributed by atoms with Gasteiger partial charge in [-0.05, 0) is 32.7 Å². The van der Waals surface area contributed by atoms with E-state index in [1.54, 1.807) is 11.3 Å². The molecule has 3 heterocycles. The first-order valence-corrected chi connectivity index (χ1v) is 7.67. The normalized spacial score (nSPS) is 31.4. The lowest BCUT2D eigenvalue weighted by Crippen LogP contribution is -2.45. The number of hydrogen-bond acceptors (Lipinski definition) is 4. The standard InChI is InChI=1S/C13H21N3S/c1-10(12-8-17-9-14-12)15-11-5-7-16-6-3-2-4-13(11)16/h8-11,13,15H,2-7H2,1H3. The Morgan fingerprint density at radius 2 is 2.35 bits per heavy atom. The van der Waals surface area contributed by atoms with Crippen molar-refractivity contribution in [2.75, 3.05) is 13.1 Å². The van der Waals surface area contributed by atoms with Crippen LogP contribution in [0.2, 0.25) is 0 Å². The minimum Gasteiger partial charge on any atom is -0.304 e. The van der Waals surface area contributed by atoms with Gasteiger partial charge in [-0.2, -0.15) is 0 Å². The molecule has 0 aromatic carbocycles. The second-order valence-electron chi connectivity index (χ2n) is 5.30. The molecule has 3 atom stereocenters. The minimum absolute atomic E-state index is 0.396. The molecule has 0 aliphatic carbocycles. The third kappa shape index (κ3) is 2.39. The molecule has 1 aromatic rings. The summed E-state index contributed by atoms with van der Waals surface area (Å²) in [6, 6.07) is 1.85. The van der Waals surface area contributed by atoms with Crippen LogP contribution in [0.25, 0.3) is 0 Å². The molecule has 2 aliphatic rings. The van der Waals surface area contributed by atoms with Crippen LogP contribution in [-0.2, 0) is 0 Å². The van der Waals surface area contributed by atoms with Crippen LogP contribution in [0.3, 0.4) is 0 Å². The first-order chi connectivity index (χ1) is 8.34. The fraction of sp³-hybridized carbons (Fsp3) is 0.769. The number of hydrogen-bond donors (Lipinski definition) is 1. The highest BCUT2D eigenvalue weighted by Gasteiger charge is 2.35. The number of rotatable bonds is 3. The zero-order chi connectivity index (χ0) is 11.7. The number of nitrogens with one attached hydrogen (secondary N) is 1. The van der Waals surface area contributed by atoms with E-state index in [0.717, 1.165) is 6.04 Å². The second-order valence-corrected chi connectivity index (χ2v) is 6.01. The topological polar surface area (TPSA) is 28.2 Å². The molecule has 17 heavy (non-hydrogen) atoms. The van der Waals surface area contributed by atoms with E-state index in [9.17, 15) is 0 Å². The van der Waals surface area contributed by atoms with Crippen LogP contribution in [0, 0.1) is 0 Å². The fourth-order valence-electron chi connectivity index (χ4n) is 3.28. The van der Waals surface area contributed by atoms with Gasteiger partial charge in [-0.15, -0.1) is 11.3 Å². The van der Waals surface area contributed by atoms with E-state index < -0.39 is 0 Å². The Labute approximate surface area is 107 Å². The quantitative estimate of drug-likeness (QED) is 0.894. The van der Waals surface area contributed by atoms with Crippen molar-refractivity contribution < 1.29 is 0 Å². The van der Waals surface area contributed by atoms with E-state index in [0.29, 0.717) is 12.1 Å². The van der Waals surface area contributed by atoms with Gasteiger partial charge in [0.2, 0.25) is 0 Å². The second kappa shape index (κ2) is 5.04. The van der Waals surface area contributed by atoms with Crippen molar-refractivity contribution in [2.24, 2.45) is 0 Å². The number of piperidine rings is 1. The first kappa shape index (κ1) is 11.6. The maximum atomic E-state index is 4.40. The van der Waals surface area contributed by atoms with Crippen molar-refractivity contribution in [3.63, 3.8) is 0 Å². The van der Waals surface area contributed by atoms with E-state index >= 15 is 0 Å². The molecule has 0 amide bonds. The minimum atomic E-state index is 0.396. The maximum absolute atomic E-state index is 4.40. The fourth-order valence-corrected chi connectivity index (χ4v) is 3.93. The predicted molar refractivity (Wildman–Crippen MR) is 71.3 cm³/mol. The Kier molecular flexibility index (Phi) is 3.45. The Bertz CT molecular complexity index is 352. The van der Waals surface area contributed by atoms with Gasteiger partial charge in [-0.25, -0.2) is 4.98 Å². The summed E-state index contributed by atoms with van der Waals surface area (Å²) in [7, 11) is 0. The molecular weight excluding hydrogens is 230 g/mol. The molecule has 0 saturated carbocycles. The number of fused-ring (bicyclic) bond motifs is 1. The van der Waals surface area contributed by atoms with Crippen LogP contribution < -0.4 is 5.32 Å². The van der Waals surface area contributed by atoms with Crippen LogP contribution in [-0.4, -0.2) is 35.1 Å². The monoisotopic (exact) mass is 251 g/mol. The van der Waals surface area contributed by atoms with Crippen LogP contribution in [0.15, 0.2) is 10.9 Å². The molecule has 1 N–H and O–H groups in total. The van der Waals surface area contributed by atoms with Crippen molar-refractivity contribution in [1.29, 1.82) is 0 Å². The Morgan fingerprint density at radius 1 is 1.41 bits per heavy atom. The van der Waals surface area contributed by atoms with Gasteiger partial charge in [-0.1, -0.05) is 6.42 Å². The highest BCUT2D eigenvalue weighted by Crippen LogP contribution is 2.28. The zero-order valence-electron chi connectivity index (χ0n) is 10.4. The Morgan fingerprint density at radius 3 is 3.18 bits per heavy atom. The van der Waals surface area contributed by atoms with Gasteiger partial charge in [0.25, 0.3) is 0 Å². The van der Waals surface area contributed by atoms with E-state index in [-0.39, 0.29) is 0 Å². The molecule has 0 spiro atoms. The van der Waals surface area contributed by atoms with E-state index in [1.807, 2.05) is 5.51 Å². The van der Waals surface area contributed by atoms with Gasteiger partial charge in [0.05, 0.1) is 11.2 Å². The smallest absolute Gasteiger partial charge is 0.0795 e. The van der Waals surface area contributed by atoms with E-state index in [2.05, 4.69) is 27.5 Å². The summed E-state index contributed by atoms with van der Waals surface area (Å²) in [5, 5.41) is 5.94. The van der Waals surface area contributed by atoms with Gasteiger partial charge in [0.1, 0.15) is 0 Å². The molecule has 2 aliphatic heterocycles. The van der Waals surface area contributed by atoms with Crippen molar-refractivity contribution in [1.82, 2.24) is 15.2 Å². The van der Waals surface area contributed by atoms with Gasteiger partial charge in [-0.3, -0.25) is 4.90 Å². The van der Waals surface area contributed by atoms with Gasteiger partial charge in [0.15, 0.2) is 0 Å². The summed E-state index contributed by atoms with van der Waals surface area (Å²) < 4.78 is 0. The summed E-state index contributed by atoms with van der Waals surface area (Å²) >= 11 is 1.69. The molecule has 2 saturated heterocycles. The maximum Gasteiger partial charge on any atom is 0.0795 e. The summed E-state index contributed by atoms with van der Waals surface area (Å²) in [5.41, 5.74) is 3.12. The van der Waals surface area contributed by atoms with Crippen molar-refractivity contribution in [3.8, 4) is 0 Å². The van der Waals surface area contributed by atoms with E-state index in [1.165, 1.54) is 44.5 Å². The lowest BCUT2D eigenvalue weighted by molar-refractivity contribution is 0.177. The number of nitrogens with zero attached hydrogens (tertiary/aromatic N) is 2. The van der Waals surface area contributed by atoms with Crippen molar-refractivity contribution >= 4 is 11.3 Å². The molecule has 0 radical (unpaired) electrons. The van der Waals surface area contributed by atoms with Crippen molar-refractivity contribution in [2.45, 2.75) is 50.7 Å². The average Bonchev–Trinajstić information content (AvgIpc) is 2.98. The van der Waals surface area contributed by atoms with Gasteiger partial charge >= 0.3 is 0 Å². The predicted octanol–water partition coefficient (Wildman–Crippen LogP) is 2.42. The van der Waals surface area contributed by atoms with Crippen LogP contribution >= 0.6 is 11.3 Å². The van der Waals surface area contributed by atoms with Crippen molar-refractivity contribution in [3.05, 3.63) is 16.6 Å². The molecule has 3 rings (SSSR count). The summed E-state index contributed by atoms with van der Waals surface area (Å²) in [5.74, 6) is 0. The zero-order valence-corrected chi connectivity index (χ0v) is 11.2. The molecule has 4 heteroatoms. The average molecular weight is 251 g/mol. The number of aromatic nitrogens is 1. The highest BCUT2D eigenvalue weighted by molar-refractivity contribution is 7.07. The van der Waals surface area contributed by atoms with Gasteiger partial charge in [0, 0.05) is 30.1 Å². The summed E-state index contributed by atoms with van der Waals surface area (Å²) in [6.07, 6.45) is 5.48. The molecule has 0 bridgehead atoms. The van der Waals surface area contributed by atoms with E-state index in [4.69, 9.17) is 0 Å². The Balaban J connectivity index is 1.62. The lowest BCUT2D eigenvalue weighted by Gasteiger charge is -2.33. The molecule has 3 nitrogen and oxygen atoms in total. The largest absolute Gasteiger partial charge is 0.304 e. The highest BCUT2D eigenvalue weighted by atomic mass is 32.1. The molecule has 3 unspecified atom stereocenters. The van der Waals surface area contributed by atoms with Crippen LogP contribution in [0.1, 0.15) is 44.3 Å². The first-order valence-electron chi connectivity index (χ1n) is 6.73. The molecule has 1 aromatic heterocycles. The molecule has 94 valence electrons. The molecule has 2 fully saturated rings. The lowest BCUT2D eigenvalue weighted by atomic mass is 9.98. The third-order valence-corrected chi connectivity index (χ3v) is 4.82. The summed E-state index contributed by atoms with van der Waals surface area (Å²) in [4.78, 5) is 7.08. The Hall–Kier alpha value is -0.450. The SMILES string of the molecule is CC(NC1CCN2CCCCC12)c1cscn1. The summed E-state index contributed by atoms with van der Waals surface area (Å²) in [6.45, 7) is 4.83.